The molecule has 0 heterocycles. The molecular formula is C32H44N4O4. The maximum Gasteiger partial charge on any atom is 0.245 e. The van der Waals surface area contributed by atoms with Crippen molar-refractivity contribution in [2.45, 2.75) is 63.8 Å². The molecule has 4 atom stereocenters. The van der Waals surface area contributed by atoms with Gasteiger partial charge >= 0.3 is 0 Å². The topological polar surface area (TPSA) is 123 Å². The van der Waals surface area contributed by atoms with Crippen molar-refractivity contribution >= 4 is 18.2 Å². The Morgan fingerprint density at radius 1 is 0.950 bits per heavy atom. The van der Waals surface area contributed by atoms with Crippen LogP contribution < -0.4 is 21.7 Å². The predicted octanol–water partition coefficient (Wildman–Crippen LogP) is 3.58. The molecule has 5 N–H and O–H groups in total. The Labute approximate surface area is 238 Å². The predicted molar refractivity (Wildman–Crippen MR) is 159 cm³/mol. The van der Waals surface area contributed by atoms with Gasteiger partial charge in [-0.3, -0.25) is 14.4 Å². The molecule has 40 heavy (non-hydrogen) atoms. The highest BCUT2D eigenvalue weighted by Gasteiger charge is 2.44. The van der Waals surface area contributed by atoms with Crippen LogP contribution in [0.15, 0.2) is 85.0 Å². The number of benzene rings is 2. The average molecular weight is 549 g/mol. The Kier molecular flexibility index (Phi) is 13.8. The van der Waals surface area contributed by atoms with Gasteiger partial charge in [-0.2, -0.15) is 0 Å². The molecule has 216 valence electrons. The van der Waals surface area contributed by atoms with Gasteiger partial charge in [-0.15, -0.1) is 0 Å². The van der Waals surface area contributed by atoms with Crippen LogP contribution in [0.2, 0.25) is 0 Å². The van der Waals surface area contributed by atoms with Gasteiger partial charge in [0.2, 0.25) is 18.2 Å². The van der Waals surface area contributed by atoms with E-state index in [1.165, 1.54) is 7.05 Å². The van der Waals surface area contributed by atoms with Crippen LogP contribution in [0.4, 0.5) is 0 Å². The van der Waals surface area contributed by atoms with Crippen molar-refractivity contribution in [1.82, 2.24) is 16.0 Å². The van der Waals surface area contributed by atoms with E-state index in [1.807, 2.05) is 85.8 Å². The molecule has 0 aliphatic heterocycles. The summed E-state index contributed by atoms with van der Waals surface area (Å²) in [6.07, 6.45) is 9.48. The largest absolute Gasteiger partial charge is 0.359 e. The highest BCUT2D eigenvalue weighted by molar-refractivity contribution is 5.90. The molecule has 0 aromatic heterocycles. The smallest absolute Gasteiger partial charge is 0.245 e. The molecule has 0 aliphatic carbocycles. The van der Waals surface area contributed by atoms with Crippen LogP contribution in [0.5, 0.6) is 0 Å². The number of nitrogens with two attached hydrogens (primary N) is 1. The highest BCUT2D eigenvalue weighted by atomic mass is 16.5. The number of amides is 3. The van der Waals surface area contributed by atoms with E-state index in [2.05, 4.69) is 29.0 Å². The van der Waals surface area contributed by atoms with E-state index >= 15 is 0 Å². The van der Waals surface area contributed by atoms with Gasteiger partial charge in [-0.05, 0) is 50.8 Å². The van der Waals surface area contributed by atoms with Crippen molar-refractivity contribution < 1.29 is 19.1 Å². The molecule has 0 saturated carbocycles. The quantitative estimate of drug-likeness (QED) is 0.137. The number of nitrogens with one attached hydrogen (secondary N) is 3. The monoisotopic (exact) mass is 548 g/mol. The Bertz CT molecular complexity index is 1060. The van der Waals surface area contributed by atoms with Crippen molar-refractivity contribution in [2.24, 2.45) is 11.7 Å². The van der Waals surface area contributed by atoms with Crippen molar-refractivity contribution in [3.8, 4) is 0 Å². The second-order valence-corrected chi connectivity index (χ2v) is 9.71. The standard InChI is InChI=1S/C32H44N4O4/c1-5-6-9-16-24(2)32(26-17-10-7-11-18-26,27-19-12-8-13-20-27)40-25(3)29(31(39)34-4)36-30(38)28(35-23-37)21-14-15-22-33/h5-13,16-20,23-25,28-29H,14-15,21-22,33H2,1-4H3,(H,34,39)(H,35,37)(H,36,38)/b6-5-,16-9-. The van der Waals surface area contributed by atoms with Gasteiger partial charge in [0.1, 0.15) is 17.7 Å². The fourth-order valence-electron chi connectivity index (χ4n) is 4.82. The molecule has 8 nitrogen and oxygen atoms in total. The maximum absolute atomic E-state index is 13.3. The van der Waals surface area contributed by atoms with E-state index in [4.69, 9.17) is 10.5 Å². The van der Waals surface area contributed by atoms with Crippen LogP contribution in [-0.4, -0.2) is 50.0 Å². The molecule has 0 fully saturated rings. The third-order valence-corrected chi connectivity index (χ3v) is 6.95. The molecule has 3 amide bonds. The minimum Gasteiger partial charge on any atom is -0.359 e. The minimum absolute atomic E-state index is 0.169. The molecule has 4 unspecified atom stereocenters. The summed E-state index contributed by atoms with van der Waals surface area (Å²) in [5.74, 6) is -1.03. The number of likely N-dealkylation sites (N-methyl/N-ethyl adjacent to an activating group) is 1. The van der Waals surface area contributed by atoms with Crippen molar-refractivity contribution in [1.29, 1.82) is 0 Å². The number of unbranched alkanes of at least 4 members (excludes halogenated alkanes) is 1. The highest BCUT2D eigenvalue weighted by Crippen LogP contribution is 2.42. The van der Waals surface area contributed by atoms with Gasteiger partial charge in [0.25, 0.3) is 0 Å². The first-order valence-electron chi connectivity index (χ1n) is 13.9. The Morgan fingerprint density at radius 3 is 2.05 bits per heavy atom. The molecule has 0 radical (unpaired) electrons. The van der Waals surface area contributed by atoms with Crippen LogP contribution in [0.1, 0.15) is 51.2 Å². The summed E-state index contributed by atoms with van der Waals surface area (Å²) in [6, 6.07) is 17.9. The van der Waals surface area contributed by atoms with E-state index in [0.29, 0.717) is 25.8 Å². The number of rotatable bonds is 17. The van der Waals surface area contributed by atoms with Crippen LogP contribution in [-0.2, 0) is 24.7 Å². The van der Waals surface area contributed by atoms with E-state index in [1.54, 1.807) is 6.92 Å². The normalized spacial score (nSPS) is 14.8. The molecule has 0 spiro atoms. The van der Waals surface area contributed by atoms with E-state index in [9.17, 15) is 14.4 Å². The van der Waals surface area contributed by atoms with E-state index in [0.717, 1.165) is 17.5 Å². The van der Waals surface area contributed by atoms with E-state index < -0.39 is 35.6 Å². The lowest BCUT2D eigenvalue weighted by Crippen LogP contribution is -2.58. The first-order chi connectivity index (χ1) is 19.3. The lowest BCUT2D eigenvalue weighted by atomic mass is 9.76. The summed E-state index contributed by atoms with van der Waals surface area (Å²) in [5, 5.41) is 8.05. The molecule has 2 rings (SSSR count). The summed E-state index contributed by atoms with van der Waals surface area (Å²) < 4.78 is 6.97. The SMILES string of the molecule is C/C=C\C=C/C(C)C(OC(C)C(NC(=O)C(CCCCN)NC=O)C(=O)NC)(c1ccccc1)c1ccccc1. The Morgan fingerprint density at radius 2 is 1.55 bits per heavy atom. The molecule has 8 heteroatoms. The first kappa shape index (κ1) is 32.5. The molecule has 0 aliphatic rings. The second kappa shape index (κ2) is 17.0. The summed E-state index contributed by atoms with van der Waals surface area (Å²) in [7, 11) is 1.51. The number of allylic oxidation sites excluding steroid dienone is 3. The molecular weight excluding hydrogens is 504 g/mol. The fourth-order valence-corrected chi connectivity index (χ4v) is 4.82. The number of hydrogen-bond acceptors (Lipinski definition) is 5. The van der Waals surface area contributed by atoms with Gasteiger partial charge in [0.05, 0.1) is 6.10 Å². The first-order valence-corrected chi connectivity index (χ1v) is 13.9. The zero-order chi connectivity index (χ0) is 29.4. The Hall–Kier alpha value is -3.75. The van der Waals surface area contributed by atoms with Gasteiger partial charge in [0, 0.05) is 13.0 Å². The maximum atomic E-state index is 13.3. The summed E-state index contributed by atoms with van der Waals surface area (Å²) in [6.45, 7) is 6.29. The van der Waals surface area contributed by atoms with Crippen LogP contribution >= 0.6 is 0 Å². The number of ether oxygens (including phenoxy) is 1. The third kappa shape index (κ3) is 8.63. The average Bonchev–Trinajstić information content (AvgIpc) is 2.98. The zero-order valence-electron chi connectivity index (χ0n) is 24.0. The zero-order valence-corrected chi connectivity index (χ0v) is 24.0. The third-order valence-electron chi connectivity index (χ3n) is 6.95. The van der Waals surface area contributed by atoms with Crippen LogP contribution in [0, 0.1) is 5.92 Å². The number of carbonyl (C=O) groups excluding carboxylic acids is 3. The van der Waals surface area contributed by atoms with Gasteiger partial charge < -0.3 is 26.4 Å². The minimum atomic E-state index is -1.03. The summed E-state index contributed by atoms with van der Waals surface area (Å²) in [5.41, 5.74) is 6.43. The molecule has 0 saturated heterocycles. The molecule has 2 aromatic carbocycles. The summed E-state index contributed by atoms with van der Waals surface area (Å²) >= 11 is 0. The number of hydrogen-bond donors (Lipinski definition) is 4. The number of carbonyl (C=O) groups is 3. The van der Waals surface area contributed by atoms with Gasteiger partial charge in [0.15, 0.2) is 0 Å². The van der Waals surface area contributed by atoms with Gasteiger partial charge in [-0.1, -0.05) is 91.9 Å². The van der Waals surface area contributed by atoms with Crippen LogP contribution in [0.25, 0.3) is 0 Å². The van der Waals surface area contributed by atoms with Crippen molar-refractivity contribution in [3.05, 3.63) is 96.1 Å². The second-order valence-electron chi connectivity index (χ2n) is 9.71. The van der Waals surface area contributed by atoms with Crippen molar-refractivity contribution in [3.63, 3.8) is 0 Å². The lowest BCUT2D eigenvalue weighted by Gasteiger charge is -2.42. The van der Waals surface area contributed by atoms with Gasteiger partial charge in [-0.25, -0.2) is 0 Å². The Balaban J connectivity index is 2.55. The molecule has 2 aromatic rings. The lowest BCUT2D eigenvalue weighted by molar-refractivity contribution is -0.141. The summed E-state index contributed by atoms with van der Waals surface area (Å²) in [4.78, 5) is 37.6. The van der Waals surface area contributed by atoms with Crippen molar-refractivity contribution in [2.75, 3.05) is 13.6 Å². The molecule has 0 bridgehead atoms. The van der Waals surface area contributed by atoms with E-state index in [-0.39, 0.29) is 5.92 Å². The fraction of sp³-hybridized carbons (Fsp3) is 0.406. The van der Waals surface area contributed by atoms with Crippen LogP contribution in [0.3, 0.4) is 0 Å².